The van der Waals surface area contributed by atoms with Crippen LogP contribution >= 0.6 is 11.8 Å². The van der Waals surface area contributed by atoms with Gasteiger partial charge in [0.25, 0.3) is 6.43 Å². The Hall–Kier alpha value is -2.75. The lowest BCUT2D eigenvalue weighted by molar-refractivity contribution is -0.155. The van der Waals surface area contributed by atoms with Crippen LogP contribution in [-0.2, 0) is 9.53 Å². The van der Waals surface area contributed by atoms with Crippen LogP contribution in [0.5, 0.6) is 5.88 Å². The number of hydrogen-bond donors (Lipinski definition) is 0. The summed E-state index contributed by atoms with van der Waals surface area (Å²) in [4.78, 5) is 25.2. The molecule has 2 aromatic heterocycles. The molecule has 10 heteroatoms. The van der Waals surface area contributed by atoms with Crippen molar-refractivity contribution in [1.82, 2.24) is 19.5 Å². The molecule has 1 saturated carbocycles. The van der Waals surface area contributed by atoms with Crippen molar-refractivity contribution >= 4 is 28.8 Å². The summed E-state index contributed by atoms with van der Waals surface area (Å²) in [5.41, 5.74) is 0.490. The number of fused-ring (bicyclic) bond motifs is 1. The highest BCUT2D eigenvalue weighted by molar-refractivity contribution is 7.98. The number of rotatable bonds is 7. The van der Waals surface area contributed by atoms with Gasteiger partial charge in [0.1, 0.15) is 17.5 Å². The molecule has 7 nitrogen and oxygen atoms in total. The number of ether oxygens (including phenoxy) is 2. The van der Waals surface area contributed by atoms with Gasteiger partial charge in [0.05, 0.1) is 11.0 Å². The Balaban J connectivity index is 1.55. The Morgan fingerprint density at radius 2 is 1.97 bits per heavy atom. The zero-order valence-electron chi connectivity index (χ0n) is 19.6. The fourth-order valence-corrected chi connectivity index (χ4v) is 4.57. The Morgan fingerprint density at radius 3 is 2.68 bits per heavy atom. The van der Waals surface area contributed by atoms with Crippen molar-refractivity contribution in [2.75, 3.05) is 6.26 Å². The van der Waals surface area contributed by atoms with Crippen LogP contribution in [0.2, 0.25) is 0 Å². The van der Waals surface area contributed by atoms with Gasteiger partial charge in [0, 0.05) is 12.5 Å². The van der Waals surface area contributed by atoms with Crippen LogP contribution in [0.1, 0.15) is 58.7 Å². The third-order valence-electron chi connectivity index (χ3n) is 5.52. The summed E-state index contributed by atoms with van der Waals surface area (Å²) in [6, 6.07) is 8.52. The minimum atomic E-state index is -2.77. The fraction of sp³-hybridized carbons (Fsp3) is 0.500. The van der Waals surface area contributed by atoms with E-state index in [4.69, 9.17) is 9.47 Å². The maximum atomic E-state index is 13.8. The van der Waals surface area contributed by atoms with Crippen LogP contribution in [-0.4, -0.2) is 43.4 Å². The molecule has 1 aromatic carbocycles. The minimum absolute atomic E-state index is 0.126. The average Bonchev–Trinajstić information content (AvgIpc) is 3.36. The molecule has 2 atom stereocenters. The van der Waals surface area contributed by atoms with Gasteiger partial charge in [0.15, 0.2) is 11.0 Å². The highest BCUT2D eigenvalue weighted by Gasteiger charge is 2.30. The van der Waals surface area contributed by atoms with E-state index in [0.717, 1.165) is 12.8 Å². The first-order valence-electron chi connectivity index (χ1n) is 11.2. The predicted molar refractivity (Wildman–Crippen MR) is 126 cm³/mol. The Morgan fingerprint density at radius 1 is 1.21 bits per heavy atom. The second-order valence-corrected chi connectivity index (χ2v) is 10.1. The second-order valence-electron chi connectivity index (χ2n) is 9.36. The Labute approximate surface area is 201 Å². The molecule has 0 radical (unpaired) electrons. The van der Waals surface area contributed by atoms with Crippen molar-refractivity contribution in [2.24, 2.45) is 5.92 Å². The maximum Gasteiger partial charge on any atom is 0.306 e. The number of carbonyl (C=O) groups excluding carboxylic acids is 1. The van der Waals surface area contributed by atoms with Crippen LogP contribution in [0.25, 0.3) is 16.9 Å². The number of thioether (sulfide) groups is 1. The van der Waals surface area contributed by atoms with Crippen LogP contribution in [0, 0.1) is 5.92 Å². The lowest BCUT2D eigenvalue weighted by atomic mass is 10.0. The summed E-state index contributed by atoms with van der Waals surface area (Å²) >= 11 is 1.30. The molecule has 0 N–H and O–H groups in total. The largest absolute Gasteiger partial charge is 0.474 e. The molecular formula is C24H28F2N4O3S. The number of imidazole rings is 1. The van der Waals surface area contributed by atoms with Crippen LogP contribution in [0.15, 0.2) is 35.5 Å². The van der Waals surface area contributed by atoms with E-state index in [1.54, 1.807) is 30.3 Å². The molecule has 0 bridgehead atoms. The average molecular weight is 491 g/mol. The third kappa shape index (κ3) is 5.65. The van der Waals surface area contributed by atoms with E-state index in [1.807, 2.05) is 27.0 Å². The summed E-state index contributed by atoms with van der Waals surface area (Å²) in [7, 11) is 0. The number of halogens is 2. The molecule has 1 fully saturated rings. The first-order valence-corrected chi connectivity index (χ1v) is 12.4. The van der Waals surface area contributed by atoms with Gasteiger partial charge in [-0.3, -0.25) is 9.36 Å². The highest BCUT2D eigenvalue weighted by Crippen LogP contribution is 2.33. The zero-order valence-corrected chi connectivity index (χ0v) is 20.4. The fourth-order valence-electron chi connectivity index (χ4n) is 4.20. The van der Waals surface area contributed by atoms with E-state index in [-0.39, 0.29) is 29.6 Å². The number of hydrogen-bond acceptors (Lipinski definition) is 7. The van der Waals surface area contributed by atoms with Crippen molar-refractivity contribution in [2.45, 2.75) is 69.7 Å². The smallest absolute Gasteiger partial charge is 0.306 e. The third-order valence-corrected chi connectivity index (χ3v) is 6.07. The predicted octanol–water partition coefficient (Wildman–Crippen LogP) is 5.75. The number of carbonyl (C=O) groups is 1. The van der Waals surface area contributed by atoms with Gasteiger partial charge >= 0.3 is 5.97 Å². The normalized spacial score (nSPS) is 18.6. The van der Waals surface area contributed by atoms with E-state index >= 15 is 0 Å². The van der Waals surface area contributed by atoms with Crippen molar-refractivity contribution < 1.29 is 23.0 Å². The van der Waals surface area contributed by atoms with Crippen molar-refractivity contribution in [3.8, 4) is 11.7 Å². The van der Waals surface area contributed by atoms with Gasteiger partial charge in [-0.1, -0.05) is 23.9 Å². The monoisotopic (exact) mass is 490 g/mol. The van der Waals surface area contributed by atoms with Crippen LogP contribution in [0.3, 0.4) is 0 Å². The first kappa shape index (κ1) is 24.4. The number of aromatic nitrogens is 4. The molecule has 1 aliphatic rings. The summed E-state index contributed by atoms with van der Waals surface area (Å²) < 4.78 is 40.6. The topological polar surface area (TPSA) is 79.1 Å². The van der Waals surface area contributed by atoms with Gasteiger partial charge < -0.3 is 9.47 Å². The van der Waals surface area contributed by atoms with Gasteiger partial charge in [-0.2, -0.15) is 4.98 Å². The number of nitrogens with zero attached hydrogens (tertiary/aromatic N) is 4. The SMILES string of the molecule is CSc1nc(O[C@H]2CC[C@H](CC(=O)OC(C)(C)C)C2)cc(-n2c(C(F)F)nc3ccccc32)n1. The summed E-state index contributed by atoms with van der Waals surface area (Å²) in [6.07, 6.45) is 1.59. The molecule has 2 heterocycles. The Kier molecular flexibility index (Phi) is 7.06. The first-order chi connectivity index (χ1) is 16.1. The quantitative estimate of drug-likeness (QED) is 0.237. The molecule has 0 spiro atoms. The lowest BCUT2D eigenvalue weighted by Gasteiger charge is -2.20. The molecule has 4 rings (SSSR count). The molecule has 0 aliphatic heterocycles. The van der Waals surface area contributed by atoms with Gasteiger partial charge in [-0.25, -0.2) is 18.7 Å². The summed E-state index contributed by atoms with van der Waals surface area (Å²) in [5.74, 6) is 0.177. The maximum absolute atomic E-state index is 13.8. The van der Waals surface area contributed by atoms with Crippen molar-refractivity contribution in [3.05, 3.63) is 36.2 Å². The van der Waals surface area contributed by atoms with Crippen LogP contribution < -0.4 is 4.74 Å². The number of alkyl halides is 2. The number of benzene rings is 1. The second kappa shape index (κ2) is 9.85. The standard InChI is InChI=1S/C24H28F2N4O3S/c1-24(2,3)33-20(31)12-14-9-10-15(11-14)32-19-13-18(28-23(29-19)34-4)30-17-8-6-5-7-16(17)27-22(30)21(25)26/h5-8,13-15,21H,9-12H2,1-4H3/t14-,15-/m0/s1. The van der Waals surface area contributed by atoms with E-state index in [0.29, 0.717) is 34.9 Å². The minimum Gasteiger partial charge on any atom is -0.474 e. The molecule has 0 amide bonds. The van der Waals surface area contributed by atoms with Crippen molar-refractivity contribution in [1.29, 1.82) is 0 Å². The van der Waals surface area contributed by atoms with E-state index < -0.39 is 12.0 Å². The summed E-state index contributed by atoms with van der Waals surface area (Å²) in [6.45, 7) is 5.55. The Bertz CT molecular complexity index is 1180. The lowest BCUT2D eigenvalue weighted by Crippen LogP contribution is -2.25. The number of esters is 1. The molecule has 0 saturated heterocycles. The zero-order chi connectivity index (χ0) is 24.5. The molecule has 3 aromatic rings. The van der Waals surface area contributed by atoms with Gasteiger partial charge in [-0.15, -0.1) is 0 Å². The molecule has 182 valence electrons. The van der Waals surface area contributed by atoms with E-state index in [1.165, 1.54) is 16.3 Å². The molecule has 1 aliphatic carbocycles. The van der Waals surface area contributed by atoms with Gasteiger partial charge in [-0.05, 0) is 64.3 Å². The van der Waals surface area contributed by atoms with E-state index in [9.17, 15) is 13.6 Å². The van der Waals surface area contributed by atoms with E-state index in [2.05, 4.69) is 15.0 Å². The van der Waals surface area contributed by atoms with Crippen LogP contribution in [0.4, 0.5) is 8.78 Å². The molecular weight excluding hydrogens is 462 g/mol. The molecule has 34 heavy (non-hydrogen) atoms. The van der Waals surface area contributed by atoms with Crippen molar-refractivity contribution in [3.63, 3.8) is 0 Å². The van der Waals surface area contributed by atoms with Gasteiger partial charge in [0.2, 0.25) is 5.88 Å². The highest BCUT2D eigenvalue weighted by atomic mass is 32.2. The summed E-state index contributed by atoms with van der Waals surface area (Å²) in [5, 5.41) is 0.411. The molecule has 0 unspecified atom stereocenters. The number of para-hydroxylation sites is 2.